The van der Waals surface area contributed by atoms with Crippen LogP contribution in [-0.4, -0.2) is 47.8 Å². The Kier molecular flexibility index (Phi) is 6.73. The summed E-state index contributed by atoms with van der Waals surface area (Å²) in [5, 5.41) is 0. The number of carbonyl (C=O) groups excluding carboxylic acids is 2. The molecule has 0 aliphatic carbocycles. The minimum Gasteiger partial charge on any atom is -0.488 e. The fourth-order valence-corrected chi connectivity index (χ4v) is 3.67. The van der Waals surface area contributed by atoms with Crippen LogP contribution in [0.4, 0.5) is 0 Å². The summed E-state index contributed by atoms with van der Waals surface area (Å²) in [5.41, 5.74) is 1.58. The van der Waals surface area contributed by atoms with E-state index in [1.165, 1.54) is 0 Å². The lowest BCUT2D eigenvalue weighted by Gasteiger charge is -2.35. The number of hydrogen-bond acceptors (Lipinski definition) is 3. The Hall–Kier alpha value is -2.34. The largest absolute Gasteiger partial charge is 0.488 e. The van der Waals surface area contributed by atoms with Crippen molar-refractivity contribution in [2.75, 3.05) is 26.2 Å². The summed E-state index contributed by atoms with van der Waals surface area (Å²) in [6, 6.07) is 15.2. The highest BCUT2D eigenvalue weighted by Crippen LogP contribution is 2.23. The molecule has 1 aliphatic heterocycles. The van der Waals surface area contributed by atoms with E-state index in [1.54, 1.807) is 11.0 Å². The lowest BCUT2D eigenvalue weighted by atomic mass is 10.1. The molecule has 0 saturated carbocycles. The van der Waals surface area contributed by atoms with Crippen molar-refractivity contribution in [2.45, 2.75) is 20.5 Å². The number of para-hydroxylation sites is 1. The predicted octanol–water partition coefficient (Wildman–Crippen LogP) is 3.97. The van der Waals surface area contributed by atoms with Crippen LogP contribution >= 0.6 is 15.9 Å². The minimum absolute atomic E-state index is 0.0191. The molecule has 0 spiro atoms. The maximum Gasteiger partial charge on any atom is 0.257 e. The van der Waals surface area contributed by atoms with Crippen LogP contribution in [-0.2, 0) is 11.4 Å². The zero-order chi connectivity index (χ0) is 20.1. The van der Waals surface area contributed by atoms with E-state index in [0.29, 0.717) is 44.1 Å². The number of piperazine rings is 1. The normalized spacial score (nSPS) is 14.3. The molecule has 1 aliphatic rings. The van der Waals surface area contributed by atoms with Crippen molar-refractivity contribution >= 4 is 27.7 Å². The van der Waals surface area contributed by atoms with Gasteiger partial charge in [0.15, 0.2) is 0 Å². The molecule has 28 heavy (non-hydrogen) atoms. The summed E-state index contributed by atoms with van der Waals surface area (Å²) in [6.07, 6.45) is 0. The van der Waals surface area contributed by atoms with E-state index in [0.717, 1.165) is 10.0 Å². The molecule has 1 fully saturated rings. The molecule has 0 radical (unpaired) electrons. The van der Waals surface area contributed by atoms with Crippen molar-refractivity contribution in [1.82, 2.24) is 9.80 Å². The van der Waals surface area contributed by atoms with Crippen LogP contribution in [0.3, 0.4) is 0 Å². The molecule has 6 heteroatoms. The van der Waals surface area contributed by atoms with E-state index in [1.807, 2.05) is 61.2 Å². The Morgan fingerprint density at radius 2 is 1.68 bits per heavy atom. The Morgan fingerprint density at radius 3 is 2.36 bits per heavy atom. The van der Waals surface area contributed by atoms with Gasteiger partial charge in [0.25, 0.3) is 5.91 Å². The van der Waals surface area contributed by atoms with E-state index < -0.39 is 0 Å². The Labute approximate surface area is 174 Å². The molecule has 0 atom stereocenters. The summed E-state index contributed by atoms with van der Waals surface area (Å²) < 4.78 is 6.94. The number of benzene rings is 2. The molecule has 0 aromatic heterocycles. The number of ether oxygens (including phenoxy) is 1. The fraction of sp³-hybridized carbons (Fsp3) is 0.364. The van der Waals surface area contributed by atoms with Gasteiger partial charge in [-0.1, -0.05) is 54.0 Å². The number of halogens is 1. The van der Waals surface area contributed by atoms with Gasteiger partial charge in [-0.3, -0.25) is 9.59 Å². The average molecular weight is 445 g/mol. The van der Waals surface area contributed by atoms with Crippen molar-refractivity contribution < 1.29 is 14.3 Å². The van der Waals surface area contributed by atoms with Crippen molar-refractivity contribution in [3.63, 3.8) is 0 Å². The van der Waals surface area contributed by atoms with Gasteiger partial charge in [-0.25, -0.2) is 0 Å². The number of nitrogens with zero attached hydrogens (tertiary/aromatic N) is 2. The summed E-state index contributed by atoms with van der Waals surface area (Å²) in [4.78, 5) is 28.8. The third-order valence-corrected chi connectivity index (χ3v) is 5.27. The van der Waals surface area contributed by atoms with Gasteiger partial charge in [0.2, 0.25) is 5.91 Å². The van der Waals surface area contributed by atoms with E-state index >= 15 is 0 Å². The zero-order valence-electron chi connectivity index (χ0n) is 16.2. The molecule has 0 unspecified atom stereocenters. The smallest absolute Gasteiger partial charge is 0.257 e. The molecule has 1 heterocycles. The Morgan fingerprint density at radius 1 is 1.00 bits per heavy atom. The first kappa shape index (κ1) is 20.4. The lowest BCUT2D eigenvalue weighted by molar-refractivity contribution is -0.135. The molecule has 0 N–H and O–H groups in total. The highest BCUT2D eigenvalue weighted by atomic mass is 79.9. The van der Waals surface area contributed by atoms with Crippen LogP contribution in [0.5, 0.6) is 5.75 Å². The topological polar surface area (TPSA) is 49.9 Å². The van der Waals surface area contributed by atoms with Gasteiger partial charge in [0.1, 0.15) is 12.4 Å². The second kappa shape index (κ2) is 9.24. The Balaban J connectivity index is 1.65. The van der Waals surface area contributed by atoms with Crippen LogP contribution in [0.2, 0.25) is 0 Å². The molecule has 2 amide bonds. The van der Waals surface area contributed by atoms with E-state index in [2.05, 4.69) is 15.9 Å². The predicted molar refractivity (Wildman–Crippen MR) is 112 cm³/mol. The molecule has 1 saturated heterocycles. The van der Waals surface area contributed by atoms with Crippen LogP contribution in [0.25, 0.3) is 0 Å². The number of hydrogen-bond donors (Lipinski definition) is 0. The first-order valence-corrected chi connectivity index (χ1v) is 10.3. The SMILES string of the molecule is CC(C)C(=O)N1CCN(C(=O)c2ccccc2OCc2cccc(Br)c2)CC1. The molecular formula is C22H25BrN2O3. The summed E-state index contributed by atoms with van der Waals surface area (Å²) in [5.74, 6) is 0.647. The Bertz CT molecular complexity index is 845. The molecule has 148 valence electrons. The monoisotopic (exact) mass is 444 g/mol. The third kappa shape index (κ3) is 4.93. The average Bonchev–Trinajstić information content (AvgIpc) is 2.71. The molecule has 2 aromatic rings. The fourth-order valence-electron chi connectivity index (χ4n) is 3.22. The highest BCUT2D eigenvalue weighted by molar-refractivity contribution is 9.10. The standard InChI is InChI=1S/C22H25BrN2O3/c1-16(2)21(26)24-10-12-25(13-11-24)22(27)19-8-3-4-9-20(19)28-15-17-6-5-7-18(23)14-17/h3-9,14,16H,10-13,15H2,1-2H3. The second-order valence-electron chi connectivity index (χ2n) is 7.19. The van der Waals surface area contributed by atoms with Gasteiger partial charge in [-0.2, -0.15) is 0 Å². The van der Waals surface area contributed by atoms with E-state index in [9.17, 15) is 9.59 Å². The van der Waals surface area contributed by atoms with Crippen LogP contribution < -0.4 is 4.74 Å². The van der Waals surface area contributed by atoms with Crippen LogP contribution in [0.15, 0.2) is 53.0 Å². The quantitative estimate of drug-likeness (QED) is 0.700. The van der Waals surface area contributed by atoms with E-state index in [4.69, 9.17) is 4.74 Å². The molecule has 5 nitrogen and oxygen atoms in total. The molecule has 2 aromatic carbocycles. The molecular weight excluding hydrogens is 420 g/mol. The van der Waals surface area contributed by atoms with Crippen molar-refractivity contribution in [1.29, 1.82) is 0 Å². The van der Waals surface area contributed by atoms with Gasteiger partial charge >= 0.3 is 0 Å². The lowest BCUT2D eigenvalue weighted by Crippen LogP contribution is -2.51. The van der Waals surface area contributed by atoms with Gasteiger partial charge in [-0.15, -0.1) is 0 Å². The van der Waals surface area contributed by atoms with Crippen LogP contribution in [0.1, 0.15) is 29.8 Å². The first-order chi connectivity index (χ1) is 13.5. The highest BCUT2D eigenvalue weighted by Gasteiger charge is 2.27. The summed E-state index contributed by atoms with van der Waals surface area (Å²) in [6.45, 7) is 6.42. The van der Waals surface area contributed by atoms with Gasteiger partial charge in [0, 0.05) is 36.6 Å². The second-order valence-corrected chi connectivity index (χ2v) is 8.10. The van der Waals surface area contributed by atoms with Crippen molar-refractivity contribution in [3.8, 4) is 5.75 Å². The first-order valence-electron chi connectivity index (χ1n) is 9.50. The number of carbonyl (C=O) groups is 2. The number of amides is 2. The maximum atomic E-state index is 13.0. The van der Waals surface area contributed by atoms with Crippen LogP contribution in [0, 0.1) is 5.92 Å². The molecule has 0 bridgehead atoms. The van der Waals surface area contributed by atoms with E-state index in [-0.39, 0.29) is 17.7 Å². The van der Waals surface area contributed by atoms with Gasteiger partial charge in [-0.05, 0) is 29.8 Å². The van der Waals surface area contributed by atoms with Gasteiger partial charge < -0.3 is 14.5 Å². The molecule has 3 rings (SSSR count). The minimum atomic E-state index is -0.0542. The third-order valence-electron chi connectivity index (χ3n) is 4.77. The summed E-state index contributed by atoms with van der Waals surface area (Å²) >= 11 is 3.46. The number of rotatable bonds is 5. The zero-order valence-corrected chi connectivity index (χ0v) is 17.8. The van der Waals surface area contributed by atoms with Gasteiger partial charge in [0.05, 0.1) is 5.56 Å². The maximum absolute atomic E-state index is 13.0. The van der Waals surface area contributed by atoms with Crippen molar-refractivity contribution in [2.24, 2.45) is 5.92 Å². The van der Waals surface area contributed by atoms with Crippen molar-refractivity contribution in [3.05, 3.63) is 64.1 Å². The summed E-state index contributed by atoms with van der Waals surface area (Å²) in [7, 11) is 0.